The summed E-state index contributed by atoms with van der Waals surface area (Å²) in [4.78, 5) is 31.4. The van der Waals surface area contributed by atoms with E-state index in [-0.39, 0.29) is 24.7 Å². The number of fused-ring (bicyclic) bond motifs is 2. The molecule has 1 saturated heterocycles. The first kappa shape index (κ1) is 28.5. The van der Waals surface area contributed by atoms with E-state index < -0.39 is 6.16 Å². The van der Waals surface area contributed by atoms with Gasteiger partial charge < -0.3 is 14.3 Å². The van der Waals surface area contributed by atoms with Gasteiger partial charge in [0.15, 0.2) is 5.69 Å². The Morgan fingerprint density at radius 2 is 1.76 bits per heavy atom. The van der Waals surface area contributed by atoms with Crippen LogP contribution in [0.2, 0.25) is 10.0 Å². The Morgan fingerprint density at radius 3 is 2.43 bits per heavy atom. The van der Waals surface area contributed by atoms with Crippen molar-refractivity contribution < 1.29 is 23.9 Å². The highest BCUT2D eigenvalue weighted by atomic mass is 35.5. The number of carbonyl (C=O) groups excluding carboxylic acids is 2. The van der Waals surface area contributed by atoms with Gasteiger partial charge in [-0.2, -0.15) is 5.10 Å². The van der Waals surface area contributed by atoms with E-state index in [9.17, 15) is 9.59 Å². The van der Waals surface area contributed by atoms with E-state index in [1.165, 1.54) is 31.4 Å². The molecule has 6 rings (SSSR count). The summed E-state index contributed by atoms with van der Waals surface area (Å²) in [6.07, 6.45) is 4.72. The van der Waals surface area contributed by atoms with E-state index in [4.69, 9.17) is 42.6 Å². The van der Waals surface area contributed by atoms with Crippen molar-refractivity contribution in [1.82, 2.24) is 25.3 Å². The topological polar surface area (TPSA) is 98.2 Å². The quantitative estimate of drug-likeness (QED) is 0.359. The fourth-order valence-corrected chi connectivity index (χ4v) is 6.67. The van der Waals surface area contributed by atoms with E-state index >= 15 is 0 Å². The number of amides is 1. The van der Waals surface area contributed by atoms with Crippen LogP contribution in [-0.2, 0) is 16.1 Å². The molecule has 220 valence electrons. The van der Waals surface area contributed by atoms with E-state index in [1.54, 1.807) is 30.0 Å². The summed E-state index contributed by atoms with van der Waals surface area (Å²) in [5, 5.41) is 9.12. The first-order valence-corrected chi connectivity index (χ1v) is 14.6. The van der Waals surface area contributed by atoms with Crippen molar-refractivity contribution >= 4 is 46.9 Å². The molecular weight excluding hydrogens is 581 g/mol. The lowest BCUT2D eigenvalue weighted by Crippen LogP contribution is -2.42. The number of hydrogen-bond acceptors (Lipinski definition) is 8. The molecule has 3 aliphatic rings. The number of rotatable bonds is 6. The highest BCUT2D eigenvalue weighted by Crippen LogP contribution is 2.38. The van der Waals surface area contributed by atoms with Crippen molar-refractivity contribution in [3.8, 4) is 11.4 Å². The number of halogens is 2. The standard InChI is InChI=1S/C30H31Cl2N5O5/c1-40-23-9-6-18(7-10-23)12-21-16-36(42-30(39)41-2)17-24-27(29(38)34-35-14-19-4-3-5-20(19)15-35)33-37(28(21)24)26-11-8-22(31)13-25(26)32/h6-13,19-20H,3-5,14-17H2,1-2H3,(H,34,38)/b21-12+. The molecule has 2 unspecified atom stereocenters. The van der Waals surface area contributed by atoms with Gasteiger partial charge in [-0.25, -0.2) is 14.5 Å². The summed E-state index contributed by atoms with van der Waals surface area (Å²) >= 11 is 12.9. The Bertz CT molecular complexity index is 1530. The zero-order chi connectivity index (χ0) is 29.4. The zero-order valence-electron chi connectivity index (χ0n) is 23.3. The largest absolute Gasteiger partial charge is 0.527 e. The number of hydrogen-bond donors (Lipinski definition) is 1. The predicted octanol–water partition coefficient (Wildman–Crippen LogP) is 5.62. The van der Waals surface area contributed by atoms with Crippen LogP contribution in [0.3, 0.4) is 0 Å². The van der Waals surface area contributed by atoms with Crippen LogP contribution >= 0.6 is 23.2 Å². The SMILES string of the molecule is COC(=O)ON1C/C(=C\c2ccc(OC)cc2)c2c(c(C(=O)NN3CC4CCCC4C3)nn2-c2ccc(Cl)cc2Cl)C1. The lowest BCUT2D eigenvalue weighted by molar-refractivity contribution is -0.123. The van der Waals surface area contributed by atoms with Gasteiger partial charge in [0.05, 0.1) is 43.7 Å². The van der Waals surface area contributed by atoms with Crippen LogP contribution in [0.15, 0.2) is 42.5 Å². The Morgan fingerprint density at radius 1 is 1.02 bits per heavy atom. The minimum Gasteiger partial charge on any atom is -0.497 e. The Labute approximate surface area is 253 Å². The van der Waals surface area contributed by atoms with Crippen molar-refractivity contribution in [1.29, 1.82) is 0 Å². The van der Waals surface area contributed by atoms with Crippen LogP contribution in [0.4, 0.5) is 4.79 Å². The average Bonchev–Trinajstić information content (AvgIpc) is 3.67. The fraction of sp³-hybridized carbons (Fsp3) is 0.367. The van der Waals surface area contributed by atoms with E-state index in [2.05, 4.69) is 5.43 Å². The number of aromatic nitrogens is 2. The molecule has 2 atom stereocenters. The molecule has 0 spiro atoms. The van der Waals surface area contributed by atoms with Crippen LogP contribution in [0.25, 0.3) is 17.3 Å². The Kier molecular flexibility index (Phi) is 8.13. The normalized spacial score (nSPS) is 21.2. The summed E-state index contributed by atoms with van der Waals surface area (Å²) < 4.78 is 11.7. The number of methoxy groups -OCH3 is 2. The first-order valence-electron chi connectivity index (χ1n) is 13.8. The minimum absolute atomic E-state index is 0.115. The second-order valence-corrected chi connectivity index (χ2v) is 11.6. The Hall–Kier alpha value is -3.57. The molecule has 42 heavy (non-hydrogen) atoms. The smallest absolute Gasteiger partial charge is 0.497 e. The van der Waals surface area contributed by atoms with Gasteiger partial charge in [0.25, 0.3) is 5.91 Å². The van der Waals surface area contributed by atoms with Gasteiger partial charge in [0, 0.05) is 23.7 Å². The molecule has 3 heterocycles. The fourth-order valence-electron chi connectivity index (χ4n) is 6.18. The second-order valence-electron chi connectivity index (χ2n) is 10.8. The molecule has 10 nitrogen and oxygen atoms in total. The molecule has 1 aromatic heterocycles. The maximum Gasteiger partial charge on any atom is 0.527 e. The van der Waals surface area contributed by atoms with Crippen LogP contribution in [-0.4, -0.2) is 65.8 Å². The average molecular weight is 613 g/mol. The van der Waals surface area contributed by atoms with E-state index in [0.717, 1.165) is 30.0 Å². The molecule has 1 amide bonds. The van der Waals surface area contributed by atoms with Crippen molar-refractivity contribution in [2.75, 3.05) is 33.9 Å². The highest BCUT2D eigenvalue weighted by Gasteiger charge is 2.38. The third-order valence-electron chi connectivity index (χ3n) is 8.13. The van der Waals surface area contributed by atoms with Crippen molar-refractivity contribution in [2.24, 2.45) is 11.8 Å². The molecule has 3 aromatic rings. The van der Waals surface area contributed by atoms with Crippen molar-refractivity contribution in [3.05, 3.63) is 75.0 Å². The molecule has 1 N–H and O–H groups in total. The number of ether oxygens (including phenoxy) is 2. The number of benzene rings is 2. The van der Waals surface area contributed by atoms with Gasteiger partial charge in [0.1, 0.15) is 5.75 Å². The van der Waals surface area contributed by atoms with Gasteiger partial charge in [-0.15, -0.1) is 5.06 Å². The molecule has 2 fully saturated rings. The third kappa shape index (κ3) is 5.72. The number of hydrazine groups is 1. The van der Waals surface area contributed by atoms with Gasteiger partial charge >= 0.3 is 6.16 Å². The third-order valence-corrected chi connectivity index (χ3v) is 8.67. The number of nitrogens with one attached hydrogen (secondary N) is 1. The van der Waals surface area contributed by atoms with Crippen LogP contribution in [0.1, 0.15) is 46.6 Å². The first-order chi connectivity index (χ1) is 20.3. The highest BCUT2D eigenvalue weighted by molar-refractivity contribution is 6.35. The molecule has 0 bridgehead atoms. The molecule has 1 saturated carbocycles. The number of hydroxylamine groups is 2. The van der Waals surface area contributed by atoms with Crippen molar-refractivity contribution in [2.45, 2.75) is 25.8 Å². The molecule has 0 radical (unpaired) electrons. The molecule has 2 aromatic carbocycles. The maximum absolute atomic E-state index is 13.8. The predicted molar refractivity (Wildman–Crippen MR) is 158 cm³/mol. The summed E-state index contributed by atoms with van der Waals surface area (Å²) in [5.41, 5.74) is 6.77. The van der Waals surface area contributed by atoms with Crippen LogP contribution < -0.4 is 10.2 Å². The minimum atomic E-state index is -0.856. The van der Waals surface area contributed by atoms with Gasteiger partial charge in [-0.1, -0.05) is 41.8 Å². The molecule has 12 heteroatoms. The van der Waals surface area contributed by atoms with Crippen LogP contribution in [0.5, 0.6) is 5.75 Å². The summed E-state index contributed by atoms with van der Waals surface area (Å²) in [6.45, 7) is 1.97. The maximum atomic E-state index is 13.8. The summed E-state index contributed by atoms with van der Waals surface area (Å²) in [6, 6.07) is 12.7. The van der Waals surface area contributed by atoms with Gasteiger partial charge in [0.2, 0.25) is 0 Å². The Balaban J connectivity index is 1.45. The molecule has 1 aliphatic carbocycles. The molecular formula is C30H31Cl2N5O5. The number of nitrogens with zero attached hydrogens (tertiary/aromatic N) is 4. The lowest BCUT2D eigenvalue weighted by atomic mass is 9.98. The lowest BCUT2D eigenvalue weighted by Gasteiger charge is -2.28. The van der Waals surface area contributed by atoms with Gasteiger partial charge in [-0.3, -0.25) is 10.2 Å². The monoisotopic (exact) mass is 611 g/mol. The zero-order valence-corrected chi connectivity index (χ0v) is 24.8. The van der Waals surface area contributed by atoms with E-state index in [1.807, 2.05) is 35.4 Å². The van der Waals surface area contributed by atoms with Crippen molar-refractivity contribution in [3.63, 3.8) is 0 Å². The summed E-state index contributed by atoms with van der Waals surface area (Å²) in [7, 11) is 2.86. The van der Waals surface area contributed by atoms with Gasteiger partial charge in [-0.05, 0) is 72.2 Å². The number of carbonyl (C=O) groups is 2. The van der Waals surface area contributed by atoms with E-state index in [0.29, 0.717) is 38.8 Å². The second kappa shape index (κ2) is 12.0. The molecule has 2 aliphatic heterocycles. The van der Waals surface area contributed by atoms with Crippen LogP contribution in [0, 0.1) is 11.8 Å². The summed E-state index contributed by atoms with van der Waals surface area (Å²) in [5.74, 6) is 1.60.